The smallest absolute Gasteiger partial charge is 0.191 e. The fourth-order valence-corrected chi connectivity index (χ4v) is 3.62. The summed E-state index contributed by atoms with van der Waals surface area (Å²) in [5.41, 5.74) is 2.52. The standard InChI is InChI=1S/C22H28N4OS/c1-3-23-22(25-15-21-11-7-13-28-21)24-14-18-8-4-5-9-19(18)16-26(2)17-20-10-6-12-27-20/h4-13H,3,14-17H2,1-2H3,(H2,23,24,25). The zero-order valence-corrected chi connectivity index (χ0v) is 17.3. The van der Waals surface area contributed by atoms with Gasteiger partial charge in [0.05, 0.1) is 25.9 Å². The zero-order chi connectivity index (χ0) is 19.6. The maximum atomic E-state index is 5.46. The quantitative estimate of drug-likeness (QED) is 0.420. The van der Waals surface area contributed by atoms with Crippen molar-refractivity contribution in [2.24, 2.45) is 4.99 Å². The summed E-state index contributed by atoms with van der Waals surface area (Å²) in [4.78, 5) is 8.34. The lowest BCUT2D eigenvalue weighted by atomic mass is 10.1. The molecule has 3 aromatic rings. The molecule has 1 aromatic carbocycles. The summed E-state index contributed by atoms with van der Waals surface area (Å²) >= 11 is 1.75. The molecule has 5 nitrogen and oxygen atoms in total. The first-order valence-electron chi connectivity index (χ1n) is 9.57. The average Bonchev–Trinajstić information content (AvgIpc) is 3.39. The van der Waals surface area contributed by atoms with Crippen LogP contribution in [0.2, 0.25) is 0 Å². The number of nitrogens with one attached hydrogen (secondary N) is 2. The van der Waals surface area contributed by atoms with Gasteiger partial charge < -0.3 is 15.1 Å². The van der Waals surface area contributed by atoms with Gasteiger partial charge in [-0.3, -0.25) is 4.90 Å². The van der Waals surface area contributed by atoms with Crippen LogP contribution in [0.3, 0.4) is 0 Å². The third kappa shape index (κ3) is 6.25. The number of furan rings is 1. The lowest BCUT2D eigenvalue weighted by Gasteiger charge is -2.17. The van der Waals surface area contributed by atoms with Gasteiger partial charge in [0, 0.05) is 18.0 Å². The molecule has 2 N–H and O–H groups in total. The molecule has 28 heavy (non-hydrogen) atoms. The third-order valence-corrected chi connectivity index (χ3v) is 5.20. The Morgan fingerprint density at radius 3 is 2.61 bits per heavy atom. The van der Waals surface area contributed by atoms with Crippen molar-refractivity contribution in [1.82, 2.24) is 15.5 Å². The predicted octanol–water partition coefficient (Wildman–Crippen LogP) is 4.23. The second-order valence-electron chi connectivity index (χ2n) is 6.65. The molecule has 0 saturated carbocycles. The Morgan fingerprint density at radius 2 is 1.89 bits per heavy atom. The Bertz CT molecular complexity index is 843. The first-order valence-corrected chi connectivity index (χ1v) is 10.4. The molecule has 0 spiro atoms. The first-order chi connectivity index (χ1) is 13.7. The second kappa shape index (κ2) is 10.7. The van der Waals surface area contributed by atoms with Crippen molar-refractivity contribution >= 4 is 17.3 Å². The van der Waals surface area contributed by atoms with E-state index >= 15 is 0 Å². The lowest BCUT2D eigenvalue weighted by Crippen LogP contribution is -2.36. The van der Waals surface area contributed by atoms with Gasteiger partial charge in [-0.15, -0.1) is 11.3 Å². The molecule has 0 unspecified atom stereocenters. The van der Waals surface area contributed by atoms with Crippen molar-refractivity contribution in [3.63, 3.8) is 0 Å². The van der Waals surface area contributed by atoms with Crippen LogP contribution in [0.15, 0.2) is 69.6 Å². The highest BCUT2D eigenvalue weighted by atomic mass is 32.1. The van der Waals surface area contributed by atoms with Crippen LogP contribution < -0.4 is 10.6 Å². The van der Waals surface area contributed by atoms with Gasteiger partial charge in [-0.25, -0.2) is 4.99 Å². The Labute approximate surface area is 171 Å². The van der Waals surface area contributed by atoms with E-state index in [4.69, 9.17) is 9.41 Å². The van der Waals surface area contributed by atoms with Gasteiger partial charge >= 0.3 is 0 Å². The SMILES string of the molecule is CCNC(=NCc1ccccc1CN(C)Cc1ccco1)NCc1cccs1. The highest BCUT2D eigenvalue weighted by Crippen LogP contribution is 2.14. The molecule has 0 radical (unpaired) electrons. The molecular formula is C22H28N4OS. The summed E-state index contributed by atoms with van der Waals surface area (Å²) in [6, 6.07) is 16.6. The molecule has 0 atom stereocenters. The minimum atomic E-state index is 0.643. The summed E-state index contributed by atoms with van der Waals surface area (Å²) in [6.45, 7) is 5.99. The van der Waals surface area contributed by atoms with E-state index < -0.39 is 0 Å². The van der Waals surface area contributed by atoms with E-state index in [1.54, 1.807) is 17.6 Å². The van der Waals surface area contributed by atoms with Gasteiger partial charge in [0.25, 0.3) is 0 Å². The number of guanidine groups is 1. The fraction of sp³-hybridized carbons (Fsp3) is 0.318. The summed E-state index contributed by atoms with van der Waals surface area (Å²) in [5, 5.41) is 8.83. The third-order valence-electron chi connectivity index (χ3n) is 4.33. The Balaban J connectivity index is 1.62. The van der Waals surface area contributed by atoms with Gasteiger partial charge in [-0.2, -0.15) is 0 Å². The normalized spacial score (nSPS) is 11.8. The maximum Gasteiger partial charge on any atom is 0.191 e. The highest BCUT2D eigenvalue weighted by molar-refractivity contribution is 7.09. The number of hydrogen-bond donors (Lipinski definition) is 2. The van der Waals surface area contributed by atoms with Gasteiger partial charge in [-0.05, 0) is 48.7 Å². The van der Waals surface area contributed by atoms with Crippen LogP contribution in [0.1, 0.15) is 28.7 Å². The monoisotopic (exact) mass is 396 g/mol. The van der Waals surface area contributed by atoms with Gasteiger partial charge in [0.1, 0.15) is 5.76 Å². The van der Waals surface area contributed by atoms with Crippen LogP contribution in [0, 0.1) is 0 Å². The first kappa shape index (κ1) is 20.2. The molecule has 0 fully saturated rings. The topological polar surface area (TPSA) is 52.8 Å². The number of aliphatic imine (C=N–C) groups is 1. The number of rotatable bonds is 9. The molecule has 0 bridgehead atoms. The minimum Gasteiger partial charge on any atom is -0.468 e. The molecule has 0 aliphatic carbocycles. The zero-order valence-electron chi connectivity index (χ0n) is 16.5. The molecule has 0 aliphatic rings. The molecule has 2 heterocycles. The van der Waals surface area contributed by atoms with Crippen molar-refractivity contribution < 1.29 is 4.42 Å². The van der Waals surface area contributed by atoms with Crippen LogP contribution >= 0.6 is 11.3 Å². The van der Waals surface area contributed by atoms with E-state index in [1.165, 1.54) is 16.0 Å². The van der Waals surface area contributed by atoms with Gasteiger partial charge in [-0.1, -0.05) is 30.3 Å². The van der Waals surface area contributed by atoms with Crippen LogP contribution in [-0.4, -0.2) is 24.5 Å². The minimum absolute atomic E-state index is 0.643. The Morgan fingerprint density at radius 1 is 1.04 bits per heavy atom. The highest BCUT2D eigenvalue weighted by Gasteiger charge is 2.08. The van der Waals surface area contributed by atoms with Crippen molar-refractivity contribution in [3.8, 4) is 0 Å². The van der Waals surface area contributed by atoms with E-state index in [2.05, 4.69) is 71.3 Å². The molecular weight excluding hydrogens is 368 g/mol. The second-order valence-corrected chi connectivity index (χ2v) is 7.68. The molecule has 0 amide bonds. The number of hydrogen-bond acceptors (Lipinski definition) is 4. The predicted molar refractivity (Wildman–Crippen MR) is 116 cm³/mol. The van der Waals surface area contributed by atoms with E-state index in [0.717, 1.165) is 37.9 Å². The summed E-state index contributed by atoms with van der Waals surface area (Å²) in [6.07, 6.45) is 1.72. The van der Waals surface area contributed by atoms with Crippen molar-refractivity contribution in [1.29, 1.82) is 0 Å². The van der Waals surface area contributed by atoms with Crippen molar-refractivity contribution in [2.45, 2.75) is 33.1 Å². The van der Waals surface area contributed by atoms with Crippen LogP contribution in [0.4, 0.5) is 0 Å². The molecule has 148 valence electrons. The summed E-state index contributed by atoms with van der Waals surface area (Å²) < 4.78 is 5.46. The van der Waals surface area contributed by atoms with Crippen LogP contribution in [0.25, 0.3) is 0 Å². The fourth-order valence-electron chi connectivity index (χ4n) is 2.97. The molecule has 0 aliphatic heterocycles. The number of benzene rings is 1. The van der Waals surface area contributed by atoms with E-state index in [-0.39, 0.29) is 0 Å². The lowest BCUT2D eigenvalue weighted by molar-refractivity contribution is 0.287. The Kier molecular flexibility index (Phi) is 7.70. The maximum absolute atomic E-state index is 5.46. The van der Waals surface area contributed by atoms with Gasteiger partial charge in [0.2, 0.25) is 0 Å². The molecule has 6 heteroatoms. The van der Waals surface area contributed by atoms with Crippen molar-refractivity contribution in [3.05, 3.63) is 81.9 Å². The van der Waals surface area contributed by atoms with Crippen LogP contribution in [-0.2, 0) is 26.2 Å². The summed E-state index contributed by atoms with van der Waals surface area (Å²) in [7, 11) is 2.11. The number of thiophene rings is 1. The molecule has 3 rings (SSSR count). The van der Waals surface area contributed by atoms with E-state index in [0.29, 0.717) is 6.54 Å². The average molecular weight is 397 g/mol. The molecule has 0 saturated heterocycles. The summed E-state index contributed by atoms with van der Waals surface area (Å²) in [5.74, 6) is 1.82. The molecule has 2 aromatic heterocycles. The Hall–Kier alpha value is -2.57. The van der Waals surface area contributed by atoms with Gasteiger partial charge in [0.15, 0.2) is 5.96 Å². The van der Waals surface area contributed by atoms with Crippen molar-refractivity contribution in [2.75, 3.05) is 13.6 Å². The largest absolute Gasteiger partial charge is 0.468 e. The number of nitrogens with zero attached hydrogens (tertiary/aromatic N) is 2. The van der Waals surface area contributed by atoms with Crippen LogP contribution in [0.5, 0.6) is 0 Å². The van der Waals surface area contributed by atoms with E-state index in [1.807, 2.05) is 12.1 Å². The van der Waals surface area contributed by atoms with E-state index in [9.17, 15) is 0 Å².